The van der Waals surface area contributed by atoms with E-state index < -0.39 is 0 Å². The molecule has 0 unspecified atom stereocenters. The molecule has 0 radical (unpaired) electrons. The molecule has 1 N–H and O–H groups in total. The number of hydrogen-bond donors (Lipinski definition) is 1. The van der Waals surface area contributed by atoms with Gasteiger partial charge in [-0.3, -0.25) is 9.59 Å². The van der Waals surface area contributed by atoms with E-state index in [0.29, 0.717) is 24.7 Å². The Hall–Kier alpha value is -3.35. The molecule has 0 aliphatic carbocycles. The van der Waals surface area contributed by atoms with E-state index in [0.717, 1.165) is 22.2 Å². The second-order valence-electron chi connectivity index (χ2n) is 7.50. The monoisotopic (exact) mass is 422 g/mol. The number of likely N-dealkylation sites (N-methyl/N-ethyl adjacent to an activating group) is 1. The van der Waals surface area contributed by atoms with Gasteiger partial charge in [0.2, 0.25) is 5.91 Å². The van der Waals surface area contributed by atoms with Gasteiger partial charge in [-0.05, 0) is 57.0 Å². The molecule has 164 valence electrons. The molecule has 2 amide bonds. The summed E-state index contributed by atoms with van der Waals surface area (Å²) in [4.78, 5) is 31.5. The molecule has 0 bridgehead atoms. The number of carbonyl (C=O) groups is 2. The van der Waals surface area contributed by atoms with Crippen LogP contribution in [0.4, 0.5) is 0 Å². The molecule has 0 atom stereocenters. The van der Waals surface area contributed by atoms with Crippen LogP contribution in [-0.2, 0) is 22.7 Å². The van der Waals surface area contributed by atoms with Crippen LogP contribution in [0.2, 0.25) is 0 Å². The van der Waals surface area contributed by atoms with Crippen LogP contribution < -0.4 is 10.1 Å². The standard InChI is InChI=1S/C24H30N4O3/c1-5-27(6-2)24(30)15-28-20-10-8-7-9-19(20)26-22(28)14-25-23(29)16-31-21-13-17(3)11-12-18(21)4/h7-13H,5-6,14-16H2,1-4H3,(H,25,29). The first-order valence-electron chi connectivity index (χ1n) is 10.6. The smallest absolute Gasteiger partial charge is 0.258 e. The van der Waals surface area contributed by atoms with Gasteiger partial charge in [-0.1, -0.05) is 24.3 Å². The minimum atomic E-state index is -0.241. The van der Waals surface area contributed by atoms with Gasteiger partial charge in [0.25, 0.3) is 5.91 Å². The Kier molecular flexibility index (Phi) is 7.28. The Morgan fingerprint density at radius 3 is 2.58 bits per heavy atom. The maximum atomic E-state index is 12.7. The van der Waals surface area contributed by atoms with Crippen LogP contribution in [0.5, 0.6) is 5.75 Å². The number of benzene rings is 2. The number of hydrogen-bond acceptors (Lipinski definition) is 4. The van der Waals surface area contributed by atoms with Crippen LogP contribution in [-0.4, -0.2) is 46.0 Å². The number of fused-ring (bicyclic) bond motifs is 1. The van der Waals surface area contributed by atoms with Crippen LogP contribution in [0.25, 0.3) is 11.0 Å². The van der Waals surface area contributed by atoms with Gasteiger partial charge in [-0.2, -0.15) is 0 Å². The Morgan fingerprint density at radius 2 is 1.84 bits per heavy atom. The van der Waals surface area contributed by atoms with E-state index in [1.54, 1.807) is 4.90 Å². The van der Waals surface area contributed by atoms with Crippen molar-refractivity contribution in [2.75, 3.05) is 19.7 Å². The van der Waals surface area contributed by atoms with Crippen molar-refractivity contribution in [1.29, 1.82) is 0 Å². The number of aromatic nitrogens is 2. The quantitative estimate of drug-likeness (QED) is 0.574. The van der Waals surface area contributed by atoms with E-state index in [1.165, 1.54) is 0 Å². The molecule has 1 heterocycles. The molecule has 31 heavy (non-hydrogen) atoms. The highest BCUT2D eigenvalue weighted by Gasteiger charge is 2.17. The van der Waals surface area contributed by atoms with E-state index in [4.69, 9.17) is 4.74 Å². The zero-order valence-corrected chi connectivity index (χ0v) is 18.6. The molecule has 7 nitrogen and oxygen atoms in total. The van der Waals surface area contributed by atoms with Crippen molar-refractivity contribution in [3.63, 3.8) is 0 Å². The average molecular weight is 423 g/mol. The Bertz CT molecular complexity index is 1070. The predicted octanol–water partition coefficient (Wildman–Crippen LogP) is 3.22. The van der Waals surface area contributed by atoms with E-state index in [9.17, 15) is 9.59 Å². The first kappa shape index (κ1) is 22.3. The van der Waals surface area contributed by atoms with E-state index in [2.05, 4.69) is 10.3 Å². The lowest BCUT2D eigenvalue weighted by Crippen LogP contribution is -2.34. The summed E-state index contributed by atoms with van der Waals surface area (Å²) in [6.07, 6.45) is 0. The summed E-state index contributed by atoms with van der Waals surface area (Å²) in [5.41, 5.74) is 3.73. The number of ether oxygens (including phenoxy) is 1. The number of imidazole rings is 1. The summed E-state index contributed by atoms with van der Waals surface area (Å²) in [7, 11) is 0. The zero-order valence-electron chi connectivity index (χ0n) is 18.6. The third-order valence-electron chi connectivity index (χ3n) is 5.29. The van der Waals surface area contributed by atoms with Gasteiger partial charge >= 0.3 is 0 Å². The summed E-state index contributed by atoms with van der Waals surface area (Å²) >= 11 is 0. The normalized spacial score (nSPS) is 10.8. The van der Waals surface area contributed by atoms with Gasteiger partial charge in [0.1, 0.15) is 18.1 Å². The molecular formula is C24H30N4O3. The molecule has 0 fully saturated rings. The highest BCUT2D eigenvalue weighted by molar-refractivity contribution is 5.81. The topological polar surface area (TPSA) is 76.5 Å². The lowest BCUT2D eigenvalue weighted by Gasteiger charge is -2.20. The minimum Gasteiger partial charge on any atom is -0.483 e. The van der Waals surface area contributed by atoms with Crippen molar-refractivity contribution >= 4 is 22.8 Å². The summed E-state index contributed by atoms with van der Waals surface area (Å²) < 4.78 is 7.56. The lowest BCUT2D eigenvalue weighted by molar-refractivity contribution is -0.131. The Labute approximate surface area is 183 Å². The van der Waals surface area contributed by atoms with Crippen LogP contribution >= 0.6 is 0 Å². The van der Waals surface area contributed by atoms with Crippen LogP contribution in [0.15, 0.2) is 42.5 Å². The van der Waals surface area contributed by atoms with Crippen LogP contribution in [0.3, 0.4) is 0 Å². The molecule has 3 aromatic rings. The third kappa shape index (κ3) is 5.42. The largest absolute Gasteiger partial charge is 0.483 e. The molecular weight excluding hydrogens is 392 g/mol. The molecule has 0 aliphatic heterocycles. The van der Waals surface area contributed by atoms with Gasteiger partial charge in [0.05, 0.1) is 17.6 Å². The van der Waals surface area contributed by atoms with E-state index in [-0.39, 0.29) is 31.5 Å². The molecule has 2 aromatic carbocycles. The summed E-state index contributed by atoms with van der Waals surface area (Å²) in [6.45, 7) is 9.49. The molecule has 3 rings (SSSR count). The van der Waals surface area contributed by atoms with E-state index >= 15 is 0 Å². The maximum absolute atomic E-state index is 12.7. The van der Waals surface area contributed by atoms with Crippen molar-refractivity contribution in [3.8, 4) is 5.75 Å². The second-order valence-corrected chi connectivity index (χ2v) is 7.50. The molecule has 7 heteroatoms. The molecule has 0 aliphatic rings. The number of nitrogens with one attached hydrogen (secondary N) is 1. The van der Waals surface area contributed by atoms with Gasteiger partial charge in [0.15, 0.2) is 6.61 Å². The second kappa shape index (κ2) is 10.1. The molecule has 0 spiro atoms. The van der Waals surface area contributed by atoms with Gasteiger partial charge in [-0.15, -0.1) is 0 Å². The van der Waals surface area contributed by atoms with Gasteiger partial charge in [0, 0.05) is 13.1 Å². The minimum absolute atomic E-state index is 0.0268. The fourth-order valence-electron chi connectivity index (χ4n) is 3.48. The van der Waals surface area contributed by atoms with Crippen LogP contribution in [0, 0.1) is 13.8 Å². The van der Waals surface area contributed by atoms with Crippen molar-refractivity contribution in [1.82, 2.24) is 19.8 Å². The fourth-order valence-corrected chi connectivity index (χ4v) is 3.48. The summed E-state index contributed by atoms with van der Waals surface area (Å²) in [5.74, 6) is 1.13. The number of para-hydroxylation sites is 2. The summed E-state index contributed by atoms with van der Waals surface area (Å²) in [6, 6.07) is 13.6. The number of aryl methyl sites for hydroxylation is 2. The summed E-state index contributed by atoms with van der Waals surface area (Å²) in [5, 5.41) is 2.86. The highest BCUT2D eigenvalue weighted by Crippen LogP contribution is 2.19. The van der Waals surface area contributed by atoms with Crippen molar-refractivity contribution in [3.05, 3.63) is 59.4 Å². The van der Waals surface area contributed by atoms with E-state index in [1.807, 2.05) is 74.7 Å². The Balaban J connectivity index is 1.70. The lowest BCUT2D eigenvalue weighted by atomic mass is 10.1. The predicted molar refractivity (Wildman–Crippen MR) is 121 cm³/mol. The number of carbonyl (C=O) groups excluding carboxylic acids is 2. The average Bonchev–Trinajstić information content (AvgIpc) is 3.11. The van der Waals surface area contributed by atoms with Gasteiger partial charge in [-0.25, -0.2) is 4.98 Å². The van der Waals surface area contributed by atoms with Crippen molar-refractivity contribution in [2.24, 2.45) is 0 Å². The highest BCUT2D eigenvalue weighted by atomic mass is 16.5. The number of nitrogens with zero attached hydrogens (tertiary/aromatic N) is 3. The maximum Gasteiger partial charge on any atom is 0.258 e. The molecule has 0 saturated heterocycles. The van der Waals surface area contributed by atoms with Crippen molar-refractivity contribution < 1.29 is 14.3 Å². The zero-order chi connectivity index (χ0) is 22.4. The van der Waals surface area contributed by atoms with Gasteiger partial charge < -0.3 is 19.5 Å². The first-order chi connectivity index (χ1) is 14.9. The fraction of sp³-hybridized carbons (Fsp3) is 0.375. The number of rotatable bonds is 9. The van der Waals surface area contributed by atoms with Crippen molar-refractivity contribution in [2.45, 2.75) is 40.8 Å². The number of amides is 2. The Morgan fingerprint density at radius 1 is 1.10 bits per heavy atom. The third-order valence-corrected chi connectivity index (χ3v) is 5.29. The molecule has 1 aromatic heterocycles. The SMILES string of the molecule is CCN(CC)C(=O)Cn1c(CNC(=O)COc2cc(C)ccc2C)nc2ccccc21. The molecule has 0 saturated carbocycles. The van der Waals surface area contributed by atoms with Crippen LogP contribution in [0.1, 0.15) is 30.8 Å². The first-order valence-corrected chi connectivity index (χ1v) is 10.6.